The molecule has 0 spiro atoms. The second-order valence-electron chi connectivity index (χ2n) is 3.65. The molecule has 17 heavy (non-hydrogen) atoms. The fourth-order valence-corrected chi connectivity index (χ4v) is 2.38. The van der Waals surface area contributed by atoms with Gasteiger partial charge >= 0.3 is 0 Å². The molecule has 86 valence electrons. The largest absolute Gasteiger partial charge is 0.248 e. The third-order valence-electron chi connectivity index (χ3n) is 2.37. The SMILES string of the molecule is [NH2+]=C(SCc1ccccc1)c1ccc(Cl)cc1. The molecule has 0 bridgehead atoms. The smallest absolute Gasteiger partial charge is 0.239 e. The number of benzene rings is 2. The maximum atomic E-state index is 6.03. The van der Waals surface area contributed by atoms with Crippen LogP contribution in [-0.4, -0.2) is 5.04 Å². The van der Waals surface area contributed by atoms with Gasteiger partial charge in [-0.2, -0.15) is 0 Å². The van der Waals surface area contributed by atoms with Crippen molar-refractivity contribution in [2.75, 3.05) is 0 Å². The van der Waals surface area contributed by atoms with Crippen molar-refractivity contribution in [3.05, 3.63) is 70.7 Å². The van der Waals surface area contributed by atoms with E-state index in [0.29, 0.717) is 0 Å². The number of thioether (sulfide) groups is 1. The van der Waals surface area contributed by atoms with Crippen LogP contribution in [0.2, 0.25) is 5.02 Å². The summed E-state index contributed by atoms with van der Waals surface area (Å²) in [7, 11) is 0. The average Bonchev–Trinajstić information content (AvgIpc) is 2.38. The highest BCUT2D eigenvalue weighted by atomic mass is 35.5. The highest BCUT2D eigenvalue weighted by molar-refractivity contribution is 8.13. The minimum absolute atomic E-state index is 0.731. The lowest BCUT2D eigenvalue weighted by Gasteiger charge is -2.00. The Morgan fingerprint density at radius 2 is 1.65 bits per heavy atom. The van der Waals surface area contributed by atoms with Gasteiger partial charge in [-0.15, -0.1) is 0 Å². The molecule has 2 aromatic carbocycles. The zero-order chi connectivity index (χ0) is 12.1. The molecule has 1 nitrogen and oxygen atoms in total. The first-order valence-electron chi connectivity index (χ1n) is 5.31. The molecule has 0 aliphatic heterocycles. The van der Waals surface area contributed by atoms with Gasteiger partial charge in [-0.1, -0.05) is 53.7 Å². The van der Waals surface area contributed by atoms with Gasteiger partial charge in [-0.05, 0) is 29.8 Å². The van der Waals surface area contributed by atoms with E-state index in [4.69, 9.17) is 17.0 Å². The van der Waals surface area contributed by atoms with Crippen molar-refractivity contribution in [2.45, 2.75) is 5.75 Å². The van der Waals surface area contributed by atoms with Gasteiger partial charge in [0.1, 0.15) is 0 Å². The molecule has 0 saturated heterocycles. The van der Waals surface area contributed by atoms with Gasteiger partial charge in [0.2, 0.25) is 5.04 Å². The molecule has 0 aliphatic rings. The van der Waals surface area contributed by atoms with Crippen molar-refractivity contribution in [1.29, 1.82) is 0 Å². The lowest BCUT2D eigenvalue weighted by Crippen LogP contribution is -2.38. The third-order valence-corrected chi connectivity index (χ3v) is 3.64. The van der Waals surface area contributed by atoms with Crippen molar-refractivity contribution in [1.82, 2.24) is 0 Å². The van der Waals surface area contributed by atoms with Crippen LogP contribution >= 0.6 is 23.4 Å². The van der Waals surface area contributed by atoms with Crippen molar-refractivity contribution >= 4 is 28.4 Å². The van der Waals surface area contributed by atoms with E-state index < -0.39 is 0 Å². The summed E-state index contributed by atoms with van der Waals surface area (Å²) in [4.78, 5) is 0. The molecule has 0 saturated carbocycles. The van der Waals surface area contributed by atoms with Crippen LogP contribution in [0.4, 0.5) is 0 Å². The van der Waals surface area contributed by atoms with E-state index in [1.54, 1.807) is 11.8 Å². The van der Waals surface area contributed by atoms with Gasteiger partial charge in [0.05, 0.1) is 5.56 Å². The zero-order valence-corrected chi connectivity index (χ0v) is 10.8. The fourth-order valence-electron chi connectivity index (χ4n) is 1.43. The molecule has 3 heteroatoms. The van der Waals surface area contributed by atoms with E-state index in [1.807, 2.05) is 42.5 Å². The number of nitrogens with two attached hydrogens (primary N) is 1. The Labute approximate surface area is 110 Å². The van der Waals surface area contributed by atoms with E-state index in [-0.39, 0.29) is 0 Å². The fraction of sp³-hybridized carbons (Fsp3) is 0.0714. The molecule has 0 radical (unpaired) electrons. The molecule has 0 heterocycles. The quantitative estimate of drug-likeness (QED) is 0.668. The zero-order valence-electron chi connectivity index (χ0n) is 9.27. The molecule has 0 atom stereocenters. The topological polar surface area (TPSA) is 25.6 Å². The molecule has 0 unspecified atom stereocenters. The van der Waals surface area contributed by atoms with Gasteiger partial charge in [0, 0.05) is 10.8 Å². The minimum Gasteiger partial charge on any atom is -0.248 e. The van der Waals surface area contributed by atoms with Gasteiger partial charge in [0.15, 0.2) is 0 Å². The number of hydrogen-bond acceptors (Lipinski definition) is 1. The van der Waals surface area contributed by atoms with Crippen LogP contribution in [0.1, 0.15) is 11.1 Å². The van der Waals surface area contributed by atoms with Gasteiger partial charge in [-0.25, -0.2) is 5.41 Å². The summed E-state index contributed by atoms with van der Waals surface area (Å²) in [5, 5.41) is 7.59. The first-order chi connectivity index (χ1) is 8.25. The highest BCUT2D eigenvalue weighted by Gasteiger charge is 2.07. The van der Waals surface area contributed by atoms with Crippen LogP contribution in [0.25, 0.3) is 0 Å². The highest BCUT2D eigenvalue weighted by Crippen LogP contribution is 2.17. The van der Waals surface area contributed by atoms with Gasteiger partial charge < -0.3 is 0 Å². The Bertz CT molecular complexity index is 493. The van der Waals surface area contributed by atoms with Crippen molar-refractivity contribution < 1.29 is 5.41 Å². The molecule has 2 aromatic rings. The molecule has 2 N–H and O–H groups in total. The molecule has 0 fully saturated rings. The van der Waals surface area contributed by atoms with Crippen molar-refractivity contribution in [3.63, 3.8) is 0 Å². The van der Waals surface area contributed by atoms with Crippen molar-refractivity contribution in [2.24, 2.45) is 0 Å². The lowest BCUT2D eigenvalue weighted by atomic mass is 10.2. The van der Waals surface area contributed by atoms with Crippen LogP contribution in [0.3, 0.4) is 0 Å². The Hall–Kier alpha value is -1.25. The summed E-state index contributed by atoms with van der Waals surface area (Å²) in [5.41, 5.74) is 2.30. The van der Waals surface area contributed by atoms with Crippen LogP contribution in [-0.2, 0) is 5.75 Å². The summed E-state index contributed by atoms with van der Waals surface area (Å²) in [6.07, 6.45) is 0. The predicted molar refractivity (Wildman–Crippen MR) is 75.2 cm³/mol. The first kappa shape index (κ1) is 12.2. The lowest BCUT2D eigenvalue weighted by molar-refractivity contribution is -0.107. The Balaban J connectivity index is 1.96. The molecular formula is C14H13ClNS+. The Morgan fingerprint density at radius 3 is 2.29 bits per heavy atom. The van der Waals surface area contributed by atoms with E-state index >= 15 is 0 Å². The molecular weight excluding hydrogens is 250 g/mol. The van der Waals surface area contributed by atoms with E-state index in [0.717, 1.165) is 21.4 Å². The number of hydrogen-bond donors (Lipinski definition) is 1. The maximum Gasteiger partial charge on any atom is 0.239 e. The van der Waals surface area contributed by atoms with E-state index in [1.165, 1.54) is 5.56 Å². The standard InChI is InChI=1S/C14H12ClNS/c15-13-8-6-12(7-9-13)14(16)17-10-11-4-2-1-3-5-11/h1-9,16H,10H2/p+1. The summed E-state index contributed by atoms with van der Waals surface area (Å²) in [6.45, 7) is 0. The van der Waals surface area contributed by atoms with Crippen LogP contribution in [0, 0.1) is 0 Å². The molecule has 0 amide bonds. The monoisotopic (exact) mass is 262 g/mol. The Kier molecular flexibility index (Phi) is 4.24. The second kappa shape index (κ2) is 5.89. The van der Waals surface area contributed by atoms with Crippen LogP contribution in [0.5, 0.6) is 0 Å². The summed E-state index contributed by atoms with van der Waals surface area (Å²) in [6, 6.07) is 17.9. The Morgan fingerprint density at radius 1 is 1.00 bits per heavy atom. The summed E-state index contributed by atoms with van der Waals surface area (Å²) < 4.78 is 0. The van der Waals surface area contributed by atoms with Gasteiger partial charge in [-0.3, -0.25) is 0 Å². The van der Waals surface area contributed by atoms with E-state index in [2.05, 4.69) is 12.1 Å². The molecule has 2 rings (SSSR count). The maximum absolute atomic E-state index is 6.03. The predicted octanol–water partition coefficient (Wildman–Crippen LogP) is 2.78. The second-order valence-corrected chi connectivity index (χ2v) is 5.10. The molecule has 0 aromatic heterocycles. The number of rotatable bonds is 3. The normalized spacial score (nSPS) is 10.2. The number of halogens is 1. The van der Waals surface area contributed by atoms with Crippen LogP contribution < -0.4 is 5.41 Å². The molecule has 0 aliphatic carbocycles. The van der Waals surface area contributed by atoms with Gasteiger partial charge in [0.25, 0.3) is 0 Å². The first-order valence-corrected chi connectivity index (χ1v) is 6.67. The van der Waals surface area contributed by atoms with E-state index in [9.17, 15) is 0 Å². The summed E-state index contributed by atoms with van der Waals surface area (Å²) >= 11 is 7.47. The third kappa shape index (κ3) is 3.62. The minimum atomic E-state index is 0.731. The van der Waals surface area contributed by atoms with Crippen LogP contribution in [0.15, 0.2) is 54.6 Å². The average molecular weight is 263 g/mol. The van der Waals surface area contributed by atoms with Crippen molar-refractivity contribution in [3.8, 4) is 0 Å². The summed E-state index contributed by atoms with van der Waals surface area (Å²) in [5.74, 6) is 0.884.